The highest BCUT2D eigenvalue weighted by atomic mass is 16.6. The quantitative estimate of drug-likeness (QED) is 0.710. The minimum Gasteiger partial charge on any atom is -0.444 e. The highest BCUT2D eigenvalue weighted by Crippen LogP contribution is 2.26. The van der Waals surface area contributed by atoms with E-state index >= 15 is 0 Å². The molecular weight excluding hydrogens is 354 g/mol. The third-order valence-electron chi connectivity index (χ3n) is 4.66. The molecule has 0 aliphatic carbocycles. The Morgan fingerprint density at radius 1 is 1.18 bits per heavy atom. The van der Waals surface area contributed by atoms with E-state index < -0.39 is 5.60 Å². The molecule has 0 radical (unpaired) electrons. The highest BCUT2D eigenvalue weighted by molar-refractivity contribution is 5.79. The maximum absolute atomic E-state index is 12.4. The van der Waals surface area contributed by atoms with E-state index in [4.69, 9.17) is 9.47 Å². The number of nitrogens with one attached hydrogen (secondary N) is 1. The molecule has 1 unspecified atom stereocenters. The molecule has 1 fully saturated rings. The summed E-state index contributed by atoms with van der Waals surface area (Å²) < 4.78 is 11.4. The first-order valence-electron chi connectivity index (χ1n) is 9.54. The zero-order valence-corrected chi connectivity index (χ0v) is 16.4. The van der Waals surface area contributed by atoms with E-state index in [0.717, 1.165) is 28.0 Å². The van der Waals surface area contributed by atoms with Crippen molar-refractivity contribution < 1.29 is 14.3 Å². The van der Waals surface area contributed by atoms with Crippen molar-refractivity contribution in [2.45, 2.75) is 32.5 Å². The number of H-pyrrole nitrogens is 1. The standard InChI is InChI=1S/C22H25N3O3/c1-22(2,3)28-21(26)25-12-13-27-19(14-25)15-8-10-16(11-9-15)20-23-17-6-4-5-7-18(17)24-20/h4-11,19H,12-14H2,1-3H3,(H,23,24). The van der Waals surface area contributed by atoms with Crippen molar-refractivity contribution in [1.29, 1.82) is 0 Å². The Hall–Kier alpha value is -2.86. The fourth-order valence-electron chi connectivity index (χ4n) is 3.29. The van der Waals surface area contributed by atoms with E-state index in [1.807, 2.05) is 69.3 Å². The van der Waals surface area contributed by atoms with Gasteiger partial charge in [0.25, 0.3) is 0 Å². The smallest absolute Gasteiger partial charge is 0.410 e. The fourth-order valence-corrected chi connectivity index (χ4v) is 3.29. The Labute approximate surface area is 164 Å². The summed E-state index contributed by atoms with van der Waals surface area (Å²) >= 11 is 0. The summed E-state index contributed by atoms with van der Waals surface area (Å²) in [6, 6.07) is 16.1. The fraction of sp³-hybridized carbons (Fsp3) is 0.364. The number of imidazole rings is 1. The summed E-state index contributed by atoms with van der Waals surface area (Å²) in [5, 5.41) is 0. The van der Waals surface area contributed by atoms with Crippen LogP contribution in [0.15, 0.2) is 48.5 Å². The van der Waals surface area contributed by atoms with Crippen LogP contribution in [-0.4, -0.2) is 46.3 Å². The normalized spacial score (nSPS) is 17.7. The molecule has 6 nitrogen and oxygen atoms in total. The maximum Gasteiger partial charge on any atom is 0.410 e. The van der Waals surface area contributed by atoms with Gasteiger partial charge < -0.3 is 19.4 Å². The first kappa shape index (κ1) is 18.5. The Morgan fingerprint density at radius 3 is 2.64 bits per heavy atom. The van der Waals surface area contributed by atoms with Crippen LogP contribution in [-0.2, 0) is 9.47 Å². The molecule has 2 heterocycles. The second-order valence-corrected chi connectivity index (χ2v) is 8.01. The molecule has 1 saturated heterocycles. The summed E-state index contributed by atoms with van der Waals surface area (Å²) in [6.07, 6.45) is -0.453. The number of carbonyl (C=O) groups is 1. The van der Waals surface area contributed by atoms with Crippen LogP contribution in [0.4, 0.5) is 4.79 Å². The molecule has 1 N–H and O–H groups in total. The van der Waals surface area contributed by atoms with Crippen molar-refractivity contribution in [1.82, 2.24) is 14.9 Å². The van der Waals surface area contributed by atoms with Gasteiger partial charge in [-0.25, -0.2) is 9.78 Å². The number of amides is 1. The lowest BCUT2D eigenvalue weighted by Gasteiger charge is -2.34. The Kier molecular flexibility index (Phi) is 4.81. The molecule has 1 atom stereocenters. The second-order valence-electron chi connectivity index (χ2n) is 8.01. The summed E-state index contributed by atoms with van der Waals surface area (Å²) in [6.45, 7) is 7.15. The zero-order chi connectivity index (χ0) is 19.7. The summed E-state index contributed by atoms with van der Waals surface area (Å²) in [4.78, 5) is 22.0. The zero-order valence-electron chi connectivity index (χ0n) is 16.4. The van der Waals surface area contributed by atoms with Gasteiger partial charge in [0.15, 0.2) is 0 Å². The van der Waals surface area contributed by atoms with Gasteiger partial charge in [0.2, 0.25) is 0 Å². The number of aromatic nitrogens is 2. The summed E-state index contributed by atoms with van der Waals surface area (Å²) in [5.74, 6) is 0.840. The van der Waals surface area contributed by atoms with E-state index in [9.17, 15) is 4.79 Å². The molecule has 0 spiro atoms. The van der Waals surface area contributed by atoms with Crippen LogP contribution in [0.25, 0.3) is 22.4 Å². The summed E-state index contributed by atoms with van der Waals surface area (Å²) in [5.41, 5.74) is 3.52. The Balaban J connectivity index is 1.48. The third-order valence-corrected chi connectivity index (χ3v) is 4.66. The predicted octanol–water partition coefficient (Wildman–Crippen LogP) is 4.54. The largest absolute Gasteiger partial charge is 0.444 e. The van der Waals surface area contributed by atoms with Crippen molar-refractivity contribution in [3.63, 3.8) is 0 Å². The number of benzene rings is 2. The third kappa shape index (κ3) is 4.02. The molecule has 0 bridgehead atoms. The van der Waals surface area contributed by atoms with Gasteiger partial charge in [0.1, 0.15) is 17.5 Å². The number of rotatable bonds is 2. The highest BCUT2D eigenvalue weighted by Gasteiger charge is 2.28. The maximum atomic E-state index is 12.4. The van der Waals surface area contributed by atoms with Crippen LogP contribution in [0.3, 0.4) is 0 Å². The van der Waals surface area contributed by atoms with E-state index in [2.05, 4.69) is 9.97 Å². The van der Waals surface area contributed by atoms with Gasteiger partial charge in [-0.1, -0.05) is 36.4 Å². The number of para-hydroxylation sites is 2. The van der Waals surface area contributed by atoms with Crippen LogP contribution in [0, 0.1) is 0 Å². The van der Waals surface area contributed by atoms with Crippen LogP contribution in [0.2, 0.25) is 0 Å². The van der Waals surface area contributed by atoms with Crippen LogP contribution < -0.4 is 0 Å². The molecule has 2 aromatic carbocycles. The van der Waals surface area contributed by atoms with Crippen molar-refractivity contribution in [3.8, 4) is 11.4 Å². The molecule has 1 amide bonds. The van der Waals surface area contributed by atoms with E-state index in [1.54, 1.807) is 4.90 Å². The van der Waals surface area contributed by atoms with Gasteiger partial charge in [-0.05, 0) is 38.5 Å². The SMILES string of the molecule is CC(C)(C)OC(=O)N1CCOC(c2ccc(-c3nc4ccccc4[nH]3)cc2)C1. The monoisotopic (exact) mass is 379 g/mol. The minimum atomic E-state index is -0.501. The second kappa shape index (κ2) is 7.28. The molecular formula is C22H25N3O3. The van der Waals surface area contributed by atoms with Crippen molar-refractivity contribution in [2.75, 3.05) is 19.7 Å². The molecule has 0 saturated carbocycles. The molecule has 4 rings (SSSR count). The van der Waals surface area contributed by atoms with Gasteiger partial charge in [0.05, 0.1) is 24.2 Å². The number of hydrogen-bond donors (Lipinski definition) is 1. The Morgan fingerprint density at radius 2 is 1.93 bits per heavy atom. The van der Waals surface area contributed by atoms with Crippen molar-refractivity contribution in [2.24, 2.45) is 0 Å². The lowest BCUT2D eigenvalue weighted by atomic mass is 10.1. The minimum absolute atomic E-state index is 0.161. The number of morpholine rings is 1. The van der Waals surface area contributed by atoms with E-state index in [0.29, 0.717) is 19.7 Å². The van der Waals surface area contributed by atoms with Gasteiger partial charge >= 0.3 is 6.09 Å². The summed E-state index contributed by atoms with van der Waals surface area (Å²) in [7, 11) is 0. The van der Waals surface area contributed by atoms with E-state index in [-0.39, 0.29) is 12.2 Å². The number of hydrogen-bond acceptors (Lipinski definition) is 4. The first-order chi connectivity index (χ1) is 13.4. The van der Waals surface area contributed by atoms with Gasteiger partial charge in [-0.2, -0.15) is 0 Å². The van der Waals surface area contributed by atoms with Gasteiger partial charge in [-0.3, -0.25) is 0 Å². The molecule has 28 heavy (non-hydrogen) atoms. The number of aromatic amines is 1. The topological polar surface area (TPSA) is 67.4 Å². The number of nitrogens with zero attached hydrogens (tertiary/aromatic N) is 2. The number of ether oxygens (including phenoxy) is 2. The molecule has 146 valence electrons. The molecule has 1 aromatic heterocycles. The molecule has 1 aliphatic heterocycles. The van der Waals surface area contributed by atoms with Crippen LogP contribution in [0.5, 0.6) is 0 Å². The predicted molar refractivity (Wildman–Crippen MR) is 108 cm³/mol. The number of carbonyl (C=O) groups excluding carboxylic acids is 1. The molecule has 1 aliphatic rings. The lowest BCUT2D eigenvalue weighted by Crippen LogP contribution is -2.44. The van der Waals surface area contributed by atoms with Crippen LogP contribution >= 0.6 is 0 Å². The van der Waals surface area contributed by atoms with E-state index in [1.165, 1.54) is 0 Å². The lowest BCUT2D eigenvalue weighted by molar-refractivity contribution is -0.0432. The average Bonchev–Trinajstić information content (AvgIpc) is 3.11. The van der Waals surface area contributed by atoms with Crippen molar-refractivity contribution >= 4 is 17.1 Å². The molecule has 3 aromatic rings. The van der Waals surface area contributed by atoms with Gasteiger partial charge in [-0.15, -0.1) is 0 Å². The van der Waals surface area contributed by atoms with Crippen molar-refractivity contribution in [3.05, 3.63) is 54.1 Å². The number of fused-ring (bicyclic) bond motifs is 1. The first-order valence-corrected chi connectivity index (χ1v) is 9.54. The average molecular weight is 379 g/mol. The Bertz CT molecular complexity index is 940. The van der Waals surface area contributed by atoms with Crippen LogP contribution in [0.1, 0.15) is 32.4 Å². The molecule has 6 heteroatoms. The van der Waals surface area contributed by atoms with Gasteiger partial charge in [0, 0.05) is 12.1 Å².